The van der Waals surface area contributed by atoms with Crippen molar-refractivity contribution in [1.82, 2.24) is 10.3 Å². The van der Waals surface area contributed by atoms with Crippen molar-refractivity contribution in [2.75, 3.05) is 6.61 Å². The number of nitrogens with zero attached hydrogens (tertiary/aromatic N) is 1. The number of aliphatic hydroxyl groups is 1. The van der Waals surface area contributed by atoms with Crippen LogP contribution in [0.15, 0.2) is 24.5 Å². The van der Waals surface area contributed by atoms with Gasteiger partial charge in [-0.05, 0) is 43.7 Å². The smallest absolute Gasteiger partial charge is 0.253 e. The van der Waals surface area contributed by atoms with Crippen molar-refractivity contribution in [3.63, 3.8) is 0 Å². The highest BCUT2D eigenvalue weighted by atomic mass is 16.3. The van der Waals surface area contributed by atoms with Crippen LogP contribution in [0.1, 0.15) is 36.0 Å². The van der Waals surface area contributed by atoms with Crippen LogP contribution in [0, 0.1) is 5.92 Å². The fourth-order valence-corrected chi connectivity index (χ4v) is 2.26. The van der Waals surface area contributed by atoms with E-state index in [-0.39, 0.29) is 18.6 Å². The lowest BCUT2D eigenvalue weighted by Gasteiger charge is -2.27. The van der Waals surface area contributed by atoms with E-state index in [0.717, 1.165) is 25.7 Å². The predicted molar refractivity (Wildman–Crippen MR) is 64.5 cm³/mol. The Kier molecular flexibility index (Phi) is 4.09. The Morgan fingerprint density at radius 1 is 1.41 bits per heavy atom. The molecule has 0 unspecified atom stereocenters. The Hall–Kier alpha value is -1.42. The van der Waals surface area contributed by atoms with Gasteiger partial charge in [-0.1, -0.05) is 0 Å². The average Bonchev–Trinajstić information content (AvgIpc) is 2.40. The quantitative estimate of drug-likeness (QED) is 0.830. The Labute approximate surface area is 101 Å². The third kappa shape index (κ3) is 3.27. The number of aliphatic hydroxyl groups excluding tert-OH is 1. The van der Waals surface area contributed by atoms with Crippen LogP contribution in [-0.2, 0) is 0 Å². The summed E-state index contributed by atoms with van der Waals surface area (Å²) in [5.41, 5.74) is 0.608. The summed E-state index contributed by atoms with van der Waals surface area (Å²) in [5.74, 6) is 0.368. The number of aromatic nitrogens is 1. The second-order valence-corrected chi connectivity index (χ2v) is 4.62. The second kappa shape index (κ2) is 5.77. The predicted octanol–water partition coefficient (Wildman–Crippen LogP) is 1.36. The molecule has 17 heavy (non-hydrogen) atoms. The van der Waals surface area contributed by atoms with Gasteiger partial charge in [-0.3, -0.25) is 9.78 Å². The molecule has 1 heterocycles. The van der Waals surface area contributed by atoms with Gasteiger partial charge in [0.2, 0.25) is 0 Å². The molecular formula is C13H18N2O2. The molecular weight excluding hydrogens is 216 g/mol. The summed E-state index contributed by atoms with van der Waals surface area (Å²) >= 11 is 0. The molecule has 2 rings (SSSR count). The summed E-state index contributed by atoms with van der Waals surface area (Å²) in [4.78, 5) is 15.8. The van der Waals surface area contributed by atoms with E-state index in [9.17, 15) is 4.79 Å². The fraction of sp³-hybridized carbons (Fsp3) is 0.538. The van der Waals surface area contributed by atoms with Crippen molar-refractivity contribution in [2.45, 2.75) is 31.7 Å². The molecule has 0 aliphatic heterocycles. The van der Waals surface area contributed by atoms with Crippen LogP contribution in [-0.4, -0.2) is 28.6 Å². The van der Waals surface area contributed by atoms with Gasteiger partial charge in [-0.15, -0.1) is 0 Å². The van der Waals surface area contributed by atoms with Crippen molar-refractivity contribution in [2.24, 2.45) is 5.92 Å². The van der Waals surface area contributed by atoms with E-state index in [0.29, 0.717) is 11.5 Å². The van der Waals surface area contributed by atoms with E-state index in [1.165, 1.54) is 0 Å². The van der Waals surface area contributed by atoms with E-state index in [4.69, 9.17) is 5.11 Å². The van der Waals surface area contributed by atoms with Crippen LogP contribution >= 0.6 is 0 Å². The zero-order chi connectivity index (χ0) is 12.1. The lowest BCUT2D eigenvalue weighted by Crippen LogP contribution is -2.38. The molecule has 4 nitrogen and oxygen atoms in total. The van der Waals surface area contributed by atoms with E-state index >= 15 is 0 Å². The molecule has 1 fully saturated rings. The summed E-state index contributed by atoms with van der Waals surface area (Å²) in [7, 11) is 0. The van der Waals surface area contributed by atoms with Crippen molar-refractivity contribution >= 4 is 5.91 Å². The first-order chi connectivity index (χ1) is 8.29. The van der Waals surface area contributed by atoms with Crippen LogP contribution in [0.3, 0.4) is 0 Å². The summed E-state index contributed by atoms with van der Waals surface area (Å²) in [6.07, 6.45) is 7.13. The van der Waals surface area contributed by atoms with Crippen LogP contribution < -0.4 is 5.32 Å². The van der Waals surface area contributed by atoms with Crippen molar-refractivity contribution in [3.8, 4) is 0 Å². The number of amides is 1. The van der Waals surface area contributed by atoms with E-state index in [1.54, 1.807) is 24.5 Å². The zero-order valence-electron chi connectivity index (χ0n) is 9.80. The molecule has 1 amide bonds. The first-order valence-electron chi connectivity index (χ1n) is 6.11. The third-order valence-electron chi connectivity index (χ3n) is 3.36. The number of nitrogens with one attached hydrogen (secondary N) is 1. The molecule has 0 radical (unpaired) electrons. The molecule has 0 spiro atoms. The standard InChI is InChI=1S/C13H18N2O2/c16-9-10-3-5-12(6-4-10)15-13(17)11-2-1-7-14-8-11/h1-2,7-8,10,12,16H,3-6,9H2,(H,15,17). The topological polar surface area (TPSA) is 62.2 Å². The van der Waals surface area contributed by atoms with E-state index in [2.05, 4.69) is 10.3 Å². The highest BCUT2D eigenvalue weighted by molar-refractivity contribution is 5.93. The number of hydrogen-bond acceptors (Lipinski definition) is 3. The number of hydrogen-bond donors (Lipinski definition) is 2. The van der Waals surface area contributed by atoms with Gasteiger partial charge < -0.3 is 10.4 Å². The number of rotatable bonds is 3. The Bertz CT molecular complexity index is 359. The highest BCUT2D eigenvalue weighted by Crippen LogP contribution is 2.23. The largest absolute Gasteiger partial charge is 0.396 e. The molecule has 4 heteroatoms. The maximum absolute atomic E-state index is 11.9. The molecule has 92 valence electrons. The Morgan fingerprint density at radius 3 is 2.76 bits per heavy atom. The van der Waals surface area contributed by atoms with Crippen molar-refractivity contribution in [3.05, 3.63) is 30.1 Å². The second-order valence-electron chi connectivity index (χ2n) is 4.62. The molecule has 0 atom stereocenters. The summed E-state index contributed by atoms with van der Waals surface area (Å²) in [6.45, 7) is 0.267. The molecule has 1 aliphatic carbocycles. The summed E-state index contributed by atoms with van der Waals surface area (Å²) in [5, 5.41) is 12.1. The molecule has 1 aromatic heterocycles. The van der Waals surface area contributed by atoms with Gasteiger partial charge in [0.15, 0.2) is 0 Å². The maximum Gasteiger partial charge on any atom is 0.253 e. The number of carbonyl (C=O) groups is 1. The SMILES string of the molecule is O=C(NC1CCC(CO)CC1)c1cccnc1. The molecule has 0 aromatic carbocycles. The molecule has 1 saturated carbocycles. The molecule has 0 saturated heterocycles. The lowest BCUT2D eigenvalue weighted by atomic mass is 9.86. The van der Waals surface area contributed by atoms with Gasteiger partial charge in [0.25, 0.3) is 5.91 Å². The van der Waals surface area contributed by atoms with Crippen LogP contribution in [0.4, 0.5) is 0 Å². The monoisotopic (exact) mass is 234 g/mol. The fourth-order valence-electron chi connectivity index (χ4n) is 2.26. The average molecular weight is 234 g/mol. The van der Waals surface area contributed by atoms with Gasteiger partial charge >= 0.3 is 0 Å². The van der Waals surface area contributed by atoms with Gasteiger partial charge in [0, 0.05) is 25.0 Å². The van der Waals surface area contributed by atoms with Crippen LogP contribution in [0.25, 0.3) is 0 Å². The van der Waals surface area contributed by atoms with Gasteiger partial charge in [0.05, 0.1) is 5.56 Å². The van der Waals surface area contributed by atoms with Gasteiger partial charge in [0.1, 0.15) is 0 Å². The minimum atomic E-state index is -0.0504. The first-order valence-corrected chi connectivity index (χ1v) is 6.11. The van der Waals surface area contributed by atoms with Gasteiger partial charge in [-0.25, -0.2) is 0 Å². The number of pyridine rings is 1. The number of carbonyl (C=O) groups excluding carboxylic acids is 1. The van der Waals surface area contributed by atoms with Crippen LogP contribution in [0.2, 0.25) is 0 Å². The molecule has 1 aliphatic rings. The first kappa shape index (κ1) is 12.0. The third-order valence-corrected chi connectivity index (χ3v) is 3.36. The minimum absolute atomic E-state index is 0.0504. The Balaban J connectivity index is 1.84. The summed E-state index contributed by atoms with van der Waals surface area (Å²) in [6, 6.07) is 3.77. The maximum atomic E-state index is 11.9. The molecule has 1 aromatic rings. The molecule has 0 bridgehead atoms. The van der Waals surface area contributed by atoms with Gasteiger partial charge in [-0.2, -0.15) is 0 Å². The lowest BCUT2D eigenvalue weighted by molar-refractivity contribution is 0.0913. The molecule has 2 N–H and O–H groups in total. The summed E-state index contributed by atoms with van der Waals surface area (Å²) < 4.78 is 0. The zero-order valence-corrected chi connectivity index (χ0v) is 9.80. The van der Waals surface area contributed by atoms with E-state index < -0.39 is 0 Å². The Morgan fingerprint density at radius 2 is 2.18 bits per heavy atom. The van der Waals surface area contributed by atoms with Crippen molar-refractivity contribution in [1.29, 1.82) is 0 Å². The normalized spacial score (nSPS) is 24.3. The minimum Gasteiger partial charge on any atom is -0.396 e. The van der Waals surface area contributed by atoms with Crippen molar-refractivity contribution < 1.29 is 9.90 Å². The highest BCUT2D eigenvalue weighted by Gasteiger charge is 2.22. The van der Waals surface area contributed by atoms with Crippen LogP contribution in [0.5, 0.6) is 0 Å². The van der Waals surface area contributed by atoms with E-state index in [1.807, 2.05) is 0 Å².